The maximum atomic E-state index is 13.7. The number of rotatable bonds is 10. The van der Waals surface area contributed by atoms with Gasteiger partial charge in [0.25, 0.3) is 11.8 Å². The fourth-order valence-corrected chi connectivity index (χ4v) is 4.81. The molecule has 1 fully saturated rings. The first-order valence-corrected chi connectivity index (χ1v) is 12.7. The zero-order chi connectivity index (χ0) is 26.4. The van der Waals surface area contributed by atoms with Gasteiger partial charge in [-0.15, -0.1) is 0 Å². The minimum atomic E-state index is -1.13. The molecule has 0 unspecified atom stereocenters. The Labute approximate surface area is 215 Å². The summed E-state index contributed by atoms with van der Waals surface area (Å²) in [4.78, 5) is 44.6. The largest absolute Gasteiger partial charge is 0.493 e. The molecular weight excluding hydrogens is 474 g/mol. The number of nitrogens with one attached hydrogen (secondary N) is 2. The molecule has 1 atom stereocenters. The highest BCUT2D eigenvalue weighted by molar-refractivity contribution is 6.03. The van der Waals surface area contributed by atoms with Gasteiger partial charge in [-0.3, -0.25) is 14.4 Å². The van der Waals surface area contributed by atoms with Gasteiger partial charge in [-0.05, 0) is 49.6 Å². The van der Waals surface area contributed by atoms with Gasteiger partial charge in [0.2, 0.25) is 11.7 Å². The number of ketones is 1. The van der Waals surface area contributed by atoms with Crippen LogP contribution in [0.25, 0.3) is 11.1 Å². The molecule has 0 bridgehead atoms. The van der Waals surface area contributed by atoms with Crippen molar-refractivity contribution in [2.45, 2.75) is 63.5 Å². The molecule has 2 amide bonds. The van der Waals surface area contributed by atoms with Crippen LogP contribution in [0.15, 0.2) is 46.9 Å². The zero-order valence-electron chi connectivity index (χ0n) is 21.5. The van der Waals surface area contributed by atoms with E-state index in [2.05, 4.69) is 15.6 Å². The second kappa shape index (κ2) is 11.5. The van der Waals surface area contributed by atoms with Crippen LogP contribution in [0.5, 0.6) is 11.5 Å². The van der Waals surface area contributed by atoms with Crippen LogP contribution >= 0.6 is 0 Å². The highest BCUT2D eigenvalue weighted by atomic mass is 16.5. The highest BCUT2D eigenvalue weighted by Gasteiger charge is 2.42. The van der Waals surface area contributed by atoms with Crippen LogP contribution in [-0.4, -0.2) is 48.4 Å². The number of ether oxygens (including phenoxy) is 2. The average molecular weight is 508 g/mol. The normalized spacial score (nSPS) is 15.5. The number of hydrogen-bond donors (Lipinski definition) is 2. The van der Waals surface area contributed by atoms with Gasteiger partial charge in [0.15, 0.2) is 17.1 Å². The van der Waals surface area contributed by atoms with E-state index in [9.17, 15) is 14.4 Å². The lowest BCUT2D eigenvalue weighted by Crippen LogP contribution is -2.62. The molecular formula is C28H33N3O6. The molecule has 9 nitrogen and oxygen atoms in total. The number of amides is 2. The first kappa shape index (κ1) is 26.2. The van der Waals surface area contributed by atoms with E-state index in [1.54, 1.807) is 36.4 Å². The van der Waals surface area contributed by atoms with E-state index in [1.165, 1.54) is 14.2 Å². The Bertz CT molecular complexity index is 1240. The number of benzene rings is 2. The summed E-state index contributed by atoms with van der Waals surface area (Å²) in [5.74, 6) is -0.261. The van der Waals surface area contributed by atoms with E-state index in [1.807, 2.05) is 13.0 Å². The minimum absolute atomic E-state index is 0.0352. The molecule has 3 aromatic rings. The van der Waals surface area contributed by atoms with Gasteiger partial charge >= 0.3 is 0 Å². The summed E-state index contributed by atoms with van der Waals surface area (Å²) in [5.41, 5.74) is 0.315. The minimum Gasteiger partial charge on any atom is -0.493 e. The Morgan fingerprint density at radius 1 is 1.03 bits per heavy atom. The molecule has 0 aliphatic heterocycles. The number of carbonyl (C=O) groups is 3. The van der Waals surface area contributed by atoms with Crippen molar-refractivity contribution in [1.82, 2.24) is 15.6 Å². The van der Waals surface area contributed by atoms with Gasteiger partial charge in [0.05, 0.1) is 20.3 Å². The van der Waals surface area contributed by atoms with Gasteiger partial charge in [-0.2, -0.15) is 0 Å². The number of carbonyl (C=O) groups excluding carboxylic acids is 3. The lowest BCUT2D eigenvalue weighted by Gasteiger charge is -2.37. The SMILES string of the molecule is CCC[C@H](NC(=O)C1(NC(=O)c2ccc(OC)c(OC)c2)CCCCC1)C(=O)c1nc2ccccc2o1. The van der Waals surface area contributed by atoms with Crippen LogP contribution in [0.1, 0.15) is 72.9 Å². The number of nitrogens with zero attached hydrogens (tertiary/aromatic N) is 1. The number of Topliss-reactive ketones (excluding diaryl/α,β-unsaturated/α-hetero) is 1. The fourth-order valence-electron chi connectivity index (χ4n) is 4.81. The third-order valence-corrected chi connectivity index (χ3v) is 6.84. The first-order valence-electron chi connectivity index (χ1n) is 12.7. The number of para-hydroxylation sites is 2. The number of methoxy groups -OCH3 is 2. The molecule has 2 N–H and O–H groups in total. The van der Waals surface area contributed by atoms with Crippen molar-refractivity contribution in [3.63, 3.8) is 0 Å². The number of fused-ring (bicyclic) bond motifs is 1. The van der Waals surface area contributed by atoms with Crippen LogP contribution in [0.2, 0.25) is 0 Å². The predicted molar refractivity (Wildman–Crippen MR) is 138 cm³/mol. The lowest BCUT2D eigenvalue weighted by molar-refractivity contribution is -0.129. The van der Waals surface area contributed by atoms with Gasteiger partial charge in [0, 0.05) is 5.56 Å². The van der Waals surface area contributed by atoms with E-state index in [0.29, 0.717) is 53.8 Å². The molecule has 1 aliphatic carbocycles. The Balaban J connectivity index is 1.56. The summed E-state index contributed by atoms with van der Waals surface area (Å²) >= 11 is 0. The third kappa shape index (κ3) is 5.60. The summed E-state index contributed by atoms with van der Waals surface area (Å²) in [7, 11) is 3.02. The third-order valence-electron chi connectivity index (χ3n) is 6.84. The fraction of sp³-hybridized carbons (Fsp3) is 0.429. The maximum Gasteiger partial charge on any atom is 0.266 e. The van der Waals surface area contributed by atoms with Crippen molar-refractivity contribution < 1.29 is 28.3 Å². The molecule has 37 heavy (non-hydrogen) atoms. The number of aromatic nitrogens is 1. The van der Waals surface area contributed by atoms with Crippen LogP contribution in [-0.2, 0) is 4.79 Å². The van der Waals surface area contributed by atoms with Crippen LogP contribution in [0.4, 0.5) is 0 Å². The van der Waals surface area contributed by atoms with E-state index >= 15 is 0 Å². The second-order valence-electron chi connectivity index (χ2n) is 9.33. The summed E-state index contributed by atoms with van der Waals surface area (Å²) in [6, 6.07) is 11.2. The molecule has 9 heteroatoms. The smallest absolute Gasteiger partial charge is 0.266 e. The monoisotopic (exact) mass is 507 g/mol. The molecule has 196 valence electrons. The van der Waals surface area contributed by atoms with Crippen molar-refractivity contribution in [2.24, 2.45) is 0 Å². The quantitative estimate of drug-likeness (QED) is 0.389. The standard InChI is InChI=1S/C28H33N3O6/c1-4-10-20(24(32)26-29-19-11-6-7-12-21(19)37-26)30-27(34)28(15-8-5-9-16-28)31-25(33)18-13-14-22(35-2)23(17-18)36-3/h6-7,11-14,17,20H,4-5,8-10,15-16H2,1-3H3,(H,30,34)(H,31,33)/t20-/m0/s1. The highest BCUT2D eigenvalue weighted by Crippen LogP contribution is 2.31. The molecule has 0 saturated heterocycles. The maximum absolute atomic E-state index is 13.7. The lowest BCUT2D eigenvalue weighted by atomic mass is 9.80. The van der Waals surface area contributed by atoms with Crippen molar-refractivity contribution in [3.05, 3.63) is 53.9 Å². The van der Waals surface area contributed by atoms with Crippen molar-refractivity contribution in [1.29, 1.82) is 0 Å². The molecule has 1 saturated carbocycles. The van der Waals surface area contributed by atoms with Crippen LogP contribution < -0.4 is 20.1 Å². The Morgan fingerprint density at radius 3 is 2.43 bits per heavy atom. The Kier molecular flexibility index (Phi) is 8.11. The van der Waals surface area contributed by atoms with E-state index in [0.717, 1.165) is 19.3 Å². The van der Waals surface area contributed by atoms with Crippen molar-refractivity contribution in [3.8, 4) is 11.5 Å². The Morgan fingerprint density at radius 2 is 1.76 bits per heavy atom. The average Bonchev–Trinajstić information content (AvgIpc) is 3.36. The van der Waals surface area contributed by atoms with E-state index < -0.39 is 17.5 Å². The molecule has 4 rings (SSSR count). The van der Waals surface area contributed by atoms with Gasteiger partial charge in [-0.25, -0.2) is 4.98 Å². The van der Waals surface area contributed by atoms with Crippen molar-refractivity contribution >= 4 is 28.7 Å². The molecule has 1 heterocycles. The first-order chi connectivity index (χ1) is 17.9. The number of oxazole rings is 1. The van der Waals surface area contributed by atoms with E-state index in [-0.39, 0.29) is 17.6 Å². The topological polar surface area (TPSA) is 120 Å². The molecule has 2 aromatic carbocycles. The zero-order valence-corrected chi connectivity index (χ0v) is 21.5. The molecule has 0 spiro atoms. The van der Waals surface area contributed by atoms with Gasteiger partial charge in [0.1, 0.15) is 11.1 Å². The second-order valence-corrected chi connectivity index (χ2v) is 9.33. The van der Waals surface area contributed by atoms with Crippen molar-refractivity contribution in [2.75, 3.05) is 14.2 Å². The summed E-state index contributed by atoms with van der Waals surface area (Å²) in [6.45, 7) is 1.94. The molecule has 1 aromatic heterocycles. The van der Waals surface area contributed by atoms with Gasteiger partial charge < -0.3 is 24.5 Å². The Hall–Kier alpha value is -3.88. The van der Waals surface area contributed by atoms with Crippen LogP contribution in [0, 0.1) is 0 Å². The summed E-state index contributed by atoms with van der Waals surface area (Å²) in [5, 5.41) is 5.91. The van der Waals surface area contributed by atoms with Crippen LogP contribution in [0.3, 0.4) is 0 Å². The van der Waals surface area contributed by atoms with Gasteiger partial charge in [-0.1, -0.05) is 44.7 Å². The summed E-state index contributed by atoms with van der Waals surface area (Å²) < 4.78 is 16.2. The number of hydrogen-bond acceptors (Lipinski definition) is 7. The van der Waals surface area contributed by atoms with E-state index in [4.69, 9.17) is 13.9 Å². The predicted octanol–water partition coefficient (Wildman–Crippen LogP) is 4.45. The summed E-state index contributed by atoms with van der Waals surface area (Å²) in [6.07, 6.45) is 4.60. The molecule has 0 radical (unpaired) electrons. The molecule has 1 aliphatic rings.